The monoisotopic (exact) mass is 319 g/mol. The Kier molecular flexibility index (Phi) is 5.64. The van der Waals surface area contributed by atoms with E-state index in [1.54, 1.807) is 6.07 Å². The number of alkyl halides is 1. The van der Waals surface area contributed by atoms with Gasteiger partial charge in [0, 0.05) is 11.4 Å². The third-order valence-corrected chi connectivity index (χ3v) is 4.06. The molecule has 0 aliphatic heterocycles. The zero-order valence-electron chi connectivity index (χ0n) is 9.66. The Morgan fingerprint density at radius 1 is 1.53 bits per heavy atom. The summed E-state index contributed by atoms with van der Waals surface area (Å²) < 4.78 is 4.54. The van der Waals surface area contributed by atoms with E-state index in [-0.39, 0.29) is 12.5 Å². The number of rotatable bonds is 5. The second-order valence-electron chi connectivity index (χ2n) is 3.32. The number of esters is 1. The van der Waals surface area contributed by atoms with Crippen LogP contribution in [0.2, 0.25) is 0 Å². The molecule has 1 aromatic heterocycles. The van der Waals surface area contributed by atoms with Gasteiger partial charge in [0.1, 0.15) is 4.83 Å². The fraction of sp³-hybridized carbons (Fsp3) is 0.455. The summed E-state index contributed by atoms with van der Waals surface area (Å²) in [6, 6.07) is 3.73. The Balaban J connectivity index is 2.47. The van der Waals surface area contributed by atoms with Gasteiger partial charge < -0.3 is 10.1 Å². The molecular weight excluding hydrogens is 306 g/mol. The highest BCUT2D eigenvalue weighted by molar-refractivity contribution is 9.10. The quantitative estimate of drug-likeness (QED) is 0.667. The second kappa shape index (κ2) is 6.76. The molecule has 17 heavy (non-hydrogen) atoms. The van der Waals surface area contributed by atoms with Gasteiger partial charge in [0.05, 0.1) is 12.0 Å². The van der Waals surface area contributed by atoms with Gasteiger partial charge in [-0.05, 0) is 18.6 Å². The molecule has 0 aliphatic rings. The van der Waals surface area contributed by atoms with Crippen molar-refractivity contribution in [2.75, 3.05) is 13.7 Å². The van der Waals surface area contributed by atoms with Crippen LogP contribution in [0, 0.1) is 0 Å². The average molecular weight is 320 g/mol. The molecule has 6 heteroatoms. The van der Waals surface area contributed by atoms with Crippen LogP contribution in [0.4, 0.5) is 0 Å². The van der Waals surface area contributed by atoms with Gasteiger partial charge in [-0.1, -0.05) is 22.9 Å². The molecule has 1 rings (SSSR count). The molecule has 1 heterocycles. The van der Waals surface area contributed by atoms with Crippen molar-refractivity contribution in [1.82, 2.24) is 5.32 Å². The zero-order chi connectivity index (χ0) is 12.8. The van der Waals surface area contributed by atoms with Crippen molar-refractivity contribution in [2.24, 2.45) is 0 Å². The van der Waals surface area contributed by atoms with E-state index in [9.17, 15) is 9.59 Å². The third kappa shape index (κ3) is 4.12. The van der Waals surface area contributed by atoms with E-state index in [1.165, 1.54) is 23.3 Å². The smallest absolute Gasteiger partial charge is 0.321 e. The Bertz CT molecular complexity index is 405. The molecule has 94 valence electrons. The number of carbonyl (C=O) groups is 2. The van der Waals surface area contributed by atoms with Gasteiger partial charge in [0.2, 0.25) is 0 Å². The van der Waals surface area contributed by atoms with E-state index in [0.29, 0.717) is 4.88 Å². The first kappa shape index (κ1) is 14.2. The lowest BCUT2D eigenvalue weighted by atomic mass is 10.3. The van der Waals surface area contributed by atoms with E-state index < -0.39 is 10.8 Å². The number of nitrogens with one attached hydrogen (secondary N) is 1. The van der Waals surface area contributed by atoms with Gasteiger partial charge in [0.15, 0.2) is 0 Å². The number of halogens is 1. The molecule has 0 aromatic carbocycles. The van der Waals surface area contributed by atoms with E-state index >= 15 is 0 Å². The topological polar surface area (TPSA) is 55.4 Å². The van der Waals surface area contributed by atoms with E-state index in [1.807, 2.05) is 13.0 Å². The number of ether oxygens (including phenoxy) is 1. The first-order chi connectivity index (χ1) is 8.08. The van der Waals surface area contributed by atoms with Crippen molar-refractivity contribution in [3.63, 3.8) is 0 Å². The summed E-state index contributed by atoms with van der Waals surface area (Å²) in [5.41, 5.74) is 0. The molecule has 0 saturated carbocycles. The molecular formula is C11H14BrNO3S. The summed E-state index contributed by atoms with van der Waals surface area (Å²) in [7, 11) is 1.31. The minimum atomic E-state index is -0.512. The number of hydrogen-bond donors (Lipinski definition) is 1. The SMILES string of the molecule is CCc1ccc(C(=O)NCC(Br)C(=O)OC)s1. The lowest BCUT2D eigenvalue weighted by Crippen LogP contribution is -2.33. The van der Waals surface area contributed by atoms with Crippen LogP contribution in [0.1, 0.15) is 21.5 Å². The molecule has 0 saturated heterocycles. The second-order valence-corrected chi connectivity index (χ2v) is 5.59. The lowest BCUT2D eigenvalue weighted by Gasteiger charge is -2.08. The molecule has 0 spiro atoms. The molecule has 1 aromatic rings. The van der Waals surface area contributed by atoms with Crippen LogP contribution < -0.4 is 5.32 Å². The Hall–Kier alpha value is -0.880. The summed E-state index contributed by atoms with van der Waals surface area (Å²) in [5, 5.41) is 2.68. The van der Waals surface area contributed by atoms with Crippen molar-refractivity contribution in [2.45, 2.75) is 18.2 Å². The number of hydrogen-bond acceptors (Lipinski definition) is 4. The number of thiophene rings is 1. The van der Waals surface area contributed by atoms with Gasteiger partial charge in [-0.25, -0.2) is 0 Å². The summed E-state index contributed by atoms with van der Waals surface area (Å²) >= 11 is 4.60. The van der Waals surface area contributed by atoms with Crippen LogP contribution >= 0.6 is 27.3 Å². The summed E-state index contributed by atoms with van der Waals surface area (Å²) in [6.45, 7) is 2.25. The fourth-order valence-electron chi connectivity index (χ4n) is 1.17. The van der Waals surface area contributed by atoms with Gasteiger partial charge in [-0.2, -0.15) is 0 Å². The molecule has 1 unspecified atom stereocenters. The van der Waals surface area contributed by atoms with Crippen molar-refractivity contribution >= 4 is 39.1 Å². The third-order valence-electron chi connectivity index (χ3n) is 2.13. The van der Waals surface area contributed by atoms with Crippen molar-refractivity contribution < 1.29 is 14.3 Å². The van der Waals surface area contributed by atoms with Crippen LogP contribution in [0.3, 0.4) is 0 Å². The molecule has 0 fully saturated rings. The van der Waals surface area contributed by atoms with Gasteiger partial charge >= 0.3 is 5.97 Å². The summed E-state index contributed by atoms with van der Waals surface area (Å²) in [5.74, 6) is -0.561. The maximum atomic E-state index is 11.7. The van der Waals surface area contributed by atoms with E-state index in [2.05, 4.69) is 26.0 Å². The van der Waals surface area contributed by atoms with Gasteiger partial charge in [0.25, 0.3) is 5.91 Å². The summed E-state index contributed by atoms with van der Waals surface area (Å²) in [6.07, 6.45) is 0.918. The summed E-state index contributed by atoms with van der Waals surface area (Å²) in [4.78, 5) is 24.1. The first-order valence-corrected chi connectivity index (χ1v) is 6.90. The van der Waals surface area contributed by atoms with Crippen molar-refractivity contribution in [1.29, 1.82) is 0 Å². The van der Waals surface area contributed by atoms with E-state index in [0.717, 1.165) is 6.42 Å². The van der Waals surface area contributed by atoms with Gasteiger partial charge in [-0.3, -0.25) is 9.59 Å². The standard InChI is InChI=1S/C11H14BrNO3S/c1-3-7-4-5-9(17-7)10(14)13-6-8(12)11(15)16-2/h4-5,8H,3,6H2,1-2H3,(H,13,14). The minimum Gasteiger partial charge on any atom is -0.468 e. The number of carbonyl (C=O) groups excluding carboxylic acids is 2. The van der Waals surface area contributed by atoms with Crippen LogP contribution in [0.5, 0.6) is 0 Å². The predicted octanol–water partition coefficient (Wildman–Crippen LogP) is 1.98. The molecule has 1 atom stereocenters. The first-order valence-electron chi connectivity index (χ1n) is 5.17. The largest absolute Gasteiger partial charge is 0.468 e. The average Bonchev–Trinajstić information content (AvgIpc) is 2.83. The number of amides is 1. The van der Waals surface area contributed by atoms with Crippen LogP contribution in [0.15, 0.2) is 12.1 Å². The zero-order valence-corrected chi connectivity index (χ0v) is 12.1. The Morgan fingerprint density at radius 2 is 2.24 bits per heavy atom. The normalized spacial score (nSPS) is 11.9. The Labute approximate surface area is 112 Å². The van der Waals surface area contributed by atoms with Crippen LogP contribution in [-0.4, -0.2) is 30.4 Å². The number of methoxy groups -OCH3 is 1. The molecule has 0 aliphatic carbocycles. The van der Waals surface area contributed by atoms with Crippen molar-refractivity contribution in [3.8, 4) is 0 Å². The maximum absolute atomic E-state index is 11.7. The van der Waals surface area contributed by atoms with Gasteiger partial charge in [-0.15, -0.1) is 11.3 Å². The molecule has 4 nitrogen and oxygen atoms in total. The van der Waals surface area contributed by atoms with Crippen LogP contribution in [0.25, 0.3) is 0 Å². The molecule has 1 amide bonds. The maximum Gasteiger partial charge on any atom is 0.321 e. The predicted molar refractivity (Wildman–Crippen MR) is 70.8 cm³/mol. The molecule has 1 N–H and O–H groups in total. The molecule has 0 bridgehead atoms. The van der Waals surface area contributed by atoms with Crippen LogP contribution in [-0.2, 0) is 16.0 Å². The highest BCUT2D eigenvalue weighted by Crippen LogP contribution is 2.16. The highest BCUT2D eigenvalue weighted by Gasteiger charge is 2.17. The fourth-order valence-corrected chi connectivity index (χ4v) is 2.38. The lowest BCUT2D eigenvalue weighted by molar-refractivity contribution is -0.139. The highest BCUT2D eigenvalue weighted by atomic mass is 79.9. The minimum absolute atomic E-state index is 0.164. The molecule has 0 radical (unpaired) electrons. The van der Waals surface area contributed by atoms with E-state index in [4.69, 9.17) is 0 Å². The number of aryl methyl sites for hydroxylation is 1. The van der Waals surface area contributed by atoms with Crippen molar-refractivity contribution in [3.05, 3.63) is 21.9 Å². The Morgan fingerprint density at radius 3 is 2.76 bits per heavy atom.